The lowest BCUT2D eigenvalue weighted by molar-refractivity contribution is -0.137. The highest BCUT2D eigenvalue weighted by Gasteiger charge is 2.06. The number of esters is 1. The molecule has 0 aliphatic heterocycles. The number of aliphatic hydroxyl groups is 1. The molecule has 0 aromatic carbocycles. The first-order valence-corrected chi connectivity index (χ1v) is 4.30. The average Bonchev–Trinajstić information content (AvgIpc) is 2.67. The van der Waals surface area contributed by atoms with Crippen molar-refractivity contribution in [3.63, 3.8) is 0 Å². The van der Waals surface area contributed by atoms with Crippen LogP contribution in [0.4, 0.5) is 0 Å². The summed E-state index contributed by atoms with van der Waals surface area (Å²) in [5.74, 6) is -0.00602. The van der Waals surface area contributed by atoms with Crippen LogP contribution in [0.25, 0.3) is 5.57 Å². The smallest absolute Gasteiger partial charge is 0.331 e. The molecule has 0 unspecified atom stereocenters. The number of furan rings is 1. The summed E-state index contributed by atoms with van der Waals surface area (Å²) in [6.07, 6.45) is 2.70. The summed E-state index contributed by atoms with van der Waals surface area (Å²) >= 11 is 0. The van der Waals surface area contributed by atoms with Crippen molar-refractivity contribution in [2.24, 2.45) is 0 Å². The van der Waals surface area contributed by atoms with Crippen molar-refractivity contribution >= 4 is 11.5 Å². The van der Waals surface area contributed by atoms with E-state index in [2.05, 4.69) is 0 Å². The molecule has 0 bridgehead atoms. The monoisotopic (exact) mass is 196 g/mol. The Balaban J connectivity index is 2.76. The zero-order valence-corrected chi connectivity index (χ0v) is 7.90. The number of rotatable bonds is 4. The minimum Gasteiger partial charge on any atom is -0.465 e. The number of hydrogen-bond donors (Lipinski definition) is 1. The molecule has 0 aliphatic carbocycles. The summed E-state index contributed by atoms with van der Waals surface area (Å²) in [6, 6.07) is 3.35. The first kappa shape index (κ1) is 10.5. The molecule has 4 heteroatoms. The molecule has 14 heavy (non-hydrogen) atoms. The molecule has 1 aromatic heterocycles. The van der Waals surface area contributed by atoms with E-state index in [9.17, 15) is 4.79 Å². The normalized spacial score (nSPS) is 11.4. The van der Waals surface area contributed by atoms with Crippen molar-refractivity contribution in [3.8, 4) is 0 Å². The van der Waals surface area contributed by atoms with Crippen LogP contribution in [-0.2, 0) is 9.53 Å². The summed E-state index contributed by atoms with van der Waals surface area (Å²) < 4.78 is 9.73. The van der Waals surface area contributed by atoms with Crippen molar-refractivity contribution in [3.05, 3.63) is 30.2 Å². The molecule has 0 radical (unpaired) electrons. The zero-order chi connectivity index (χ0) is 10.4. The van der Waals surface area contributed by atoms with Gasteiger partial charge in [-0.3, -0.25) is 0 Å². The van der Waals surface area contributed by atoms with E-state index in [0.29, 0.717) is 17.9 Å². The largest absolute Gasteiger partial charge is 0.465 e. The molecule has 76 valence electrons. The third-order valence-electron chi connectivity index (χ3n) is 1.59. The van der Waals surface area contributed by atoms with Crippen LogP contribution in [0.2, 0.25) is 0 Å². The number of hydrogen-bond acceptors (Lipinski definition) is 4. The van der Waals surface area contributed by atoms with E-state index in [1.54, 1.807) is 19.1 Å². The molecule has 0 amide bonds. The molecular formula is C10H12O4. The van der Waals surface area contributed by atoms with Crippen molar-refractivity contribution in [2.45, 2.75) is 6.92 Å². The number of carbonyl (C=O) groups excluding carboxylic acids is 1. The molecule has 0 atom stereocenters. The van der Waals surface area contributed by atoms with E-state index in [4.69, 9.17) is 14.3 Å². The molecule has 1 heterocycles. The Kier molecular flexibility index (Phi) is 3.94. The molecule has 0 saturated carbocycles. The lowest BCUT2D eigenvalue weighted by Crippen LogP contribution is -2.02. The maximum Gasteiger partial charge on any atom is 0.331 e. The SMILES string of the molecule is CCOC(=O)/C=C(\CO)c1ccco1. The van der Waals surface area contributed by atoms with Gasteiger partial charge in [-0.2, -0.15) is 0 Å². The molecule has 4 nitrogen and oxygen atoms in total. The predicted octanol–water partition coefficient (Wildman–Crippen LogP) is 1.22. The van der Waals surface area contributed by atoms with Gasteiger partial charge in [-0.1, -0.05) is 0 Å². The van der Waals surface area contributed by atoms with E-state index in [1.165, 1.54) is 12.3 Å². The topological polar surface area (TPSA) is 59.7 Å². The lowest BCUT2D eigenvalue weighted by atomic mass is 10.2. The highest BCUT2D eigenvalue weighted by atomic mass is 16.5. The Morgan fingerprint density at radius 1 is 1.71 bits per heavy atom. The third-order valence-corrected chi connectivity index (χ3v) is 1.59. The van der Waals surface area contributed by atoms with E-state index in [1.807, 2.05) is 0 Å². The van der Waals surface area contributed by atoms with Gasteiger partial charge in [0.2, 0.25) is 0 Å². The fourth-order valence-electron chi connectivity index (χ4n) is 0.982. The predicted molar refractivity (Wildman–Crippen MR) is 50.4 cm³/mol. The van der Waals surface area contributed by atoms with Crippen LogP contribution < -0.4 is 0 Å². The van der Waals surface area contributed by atoms with Crippen LogP contribution in [0.15, 0.2) is 28.9 Å². The highest BCUT2D eigenvalue weighted by molar-refractivity contribution is 5.90. The van der Waals surface area contributed by atoms with Gasteiger partial charge in [0.15, 0.2) is 0 Å². The van der Waals surface area contributed by atoms with Gasteiger partial charge >= 0.3 is 5.97 Å². The zero-order valence-electron chi connectivity index (χ0n) is 7.90. The first-order chi connectivity index (χ1) is 6.77. The number of carbonyl (C=O) groups is 1. The van der Waals surface area contributed by atoms with Gasteiger partial charge in [0.25, 0.3) is 0 Å². The van der Waals surface area contributed by atoms with Crippen LogP contribution in [0.3, 0.4) is 0 Å². The molecular weight excluding hydrogens is 184 g/mol. The van der Waals surface area contributed by atoms with Gasteiger partial charge in [-0.25, -0.2) is 4.79 Å². The van der Waals surface area contributed by atoms with Crippen LogP contribution >= 0.6 is 0 Å². The van der Waals surface area contributed by atoms with Crippen LogP contribution in [-0.4, -0.2) is 24.3 Å². The minimum absolute atomic E-state index is 0.258. The maximum atomic E-state index is 11.1. The lowest BCUT2D eigenvalue weighted by Gasteiger charge is -2.00. The maximum absolute atomic E-state index is 11.1. The Morgan fingerprint density at radius 3 is 3.00 bits per heavy atom. The van der Waals surface area contributed by atoms with Gasteiger partial charge in [-0.15, -0.1) is 0 Å². The quantitative estimate of drug-likeness (QED) is 0.581. The minimum atomic E-state index is -0.479. The fraction of sp³-hybridized carbons (Fsp3) is 0.300. The molecule has 1 rings (SSSR count). The Bertz CT molecular complexity index is 311. The van der Waals surface area contributed by atoms with Gasteiger partial charge in [0, 0.05) is 11.6 Å². The van der Waals surface area contributed by atoms with Gasteiger partial charge in [0.05, 0.1) is 19.5 Å². The van der Waals surface area contributed by atoms with Crippen molar-refractivity contribution in [1.82, 2.24) is 0 Å². The van der Waals surface area contributed by atoms with Crippen LogP contribution in [0.5, 0.6) is 0 Å². The summed E-state index contributed by atoms with van der Waals surface area (Å²) in [6.45, 7) is 1.77. The third kappa shape index (κ3) is 2.74. The molecule has 0 aliphatic rings. The van der Waals surface area contributed by atoms with Crippen LogP contribution in [0, 0.1) is 0 Å². The molecule has 0 saturated heterocycles. The average molecular weight is 196 g/mol. The number of aliphatic hydroxyl groups excluding tert-OH is 1. The van der Waals surface area contributed by atoms with Crippen molar-refractivity contribution in [2.75, 3.05) is 13.2 Å². The molecule has 0 spiro atoms. The van der Waals surface area contributed by atoms with E-state index >= 15 is 0 Å². The highest BCUT2D eigenvalue weighted by Crippen LogP contribution is 2.13. The summed E-state index contributed by atoms with van der Waals surface area (Å²) in [5, 5.41) is 8.98. The second-order valence-electron chi connectivity index (χ2n) is 2.56. The standard InChI is InChI=1S/C10H12O4/c1-2-13-10(12)6-8(7-11)9-4-3-5-14-9/h3-6,11H,2,7H2,1H3/b8-6+. The summed E-state index contributed by atoms with van der Waals surface area (Å²) in [4.78, 5) is 11.1. The molecule has 1 aromatic rings. The Morgan fingerprint density at radius 2 is 2.50 bits per heavy atom. The van der Waals surface area contributed by atoms with Crippen molar-refractivity contribution in [1.29, 1.82) is 0 Å². The van der Waals surface area contributed by atoms with E-state index < -0.39 is 5.97 Å². The molecule has 1 N–H and O–H groups in total. The van der Waals surface area contributed by atoms with Gasteiger partial charge < -0.3 is 14.3 Å². The number of ether oxygens (including phenoxy) is 1. The Labute approximate surface area is 81.8 Å². The van der Waals surface area contributed by atoms with E-state index in [0.717, 1.165) is 0 Å². The fourth-order valence-corrected chi connectivity index (χ4v) is 0.982. The summed E-state index contributed by atoms with van der Waals surface area (Å²) in [5.41, 5.74) is 0.411. The van der Waals surface area contributed by atoms with Gasteiger partial charge in [0.1, 0.15) is 5.76 Å². The second-order valence-corrected chi connectivity index (χ2v) is 2.56. The first-order valence-electron chi connectivity index (χ1n) is 4.30. The second kappa shape index (κ2) is 5.24. The molecule has 0 fully saturated rings. The Hall–Kier alpha value is -1.55. The summed E-state index contributed by atoms with van der Waals surface area (Å²) in [7, 11) is 0. The van der Waals surface area contributed by atoms with Crippen molar-refractivity contribution < 1.29 is 19.1 Å². The van der Waals surface area contributed by atoms with E-state index in [-0.39, 0.29) is 6.61 Å². The van der Waals surface area contributed by atoms with Gasteiger partial charge in [-0.05, 0) is 19.1 Å². The van der Waals surface area contributed by atoms with Crippen LogP contribution in [0.1, 0.15) is 12.7 Å².